The summed E-state index contributed by atoms with van der Waals surface area (Å²) < 4.78 is 14.0. The van der Waals surface area contributed by atoms with E-state index < -0.39 is 17.8 Å². The van der Waals surface area contributed by atoms with E-state index in [9.17, 15) is 14.0 Å². The molecule has 0 saturated heterocycles. The lowest BCUT2D eigenvalue weighted by Gasteiger charge is -2.23. The minimum Gasteiger partial charge on any atom is -0.481 e. The van der Waals surface area contributed by atoms with Crippen molar-refractivity contribution >= 4 is 23.5 Å². The van der Waals surface area contributed by atoms with Gasteiger partial charge in [0.15, 0.2) is 0 Å². The lowest BCUT2D eigenvalue weighted by Crippen LogP contribution is -2.32. The SMILES string of the molecule is CC(C)C(NC(=O)CCCCC(=O)O)c1ccc(Cl)cc1F. The fourth-order valence-electron chi connectivity index (χ4n) is 2.16. The molecule has 0 fully saturated rings. The molecule has 0 heterocycles. The fraction of sp³-hybridized carbons (Fsp3) is 0.500. The largest absolute Gasteiger partial charge is 0.481 e. The number of nitrogens with one attached hydrogen (secondary N) is 1. The average molecular weight is 330 g/mol. The van der Waals surface area contributed by atoms with Crippen LogP contribution in [0.4, 0.5) is 4.39 Å². The quantitative estimate of drug-likeness (QED) is 0.710. The zero-order valence-electron chi connectivity index (χ0n) is 12.7. The van der Waals surface area contributed by atoms with Crippen molar-refractivity contribution in [3.63, 3.8) is 0 Å². The Bertz CT molecular complexity index is 534. The van der Waals surface area contributed by atoms with E-state index in [1.807, 2.05) is 13.8 Å². The molecule has 0 radical (unpaired) electrons. The van der Waals surface area contributed by atoms with E-state index in [2.05, 4.69) is 5.32 Å². The molecule has 1 unspecified atom stereocenters. The molecule has 1 atom stereocenters. The zero-order valence-corrected chi connectivity index (χ0v) is 13.5. The molecule has 0 aliphatic carbocycles. The number of hydrogen-bond acceptors (Lipinski definition) is 2. The molecule has 0 saturated carbocycles. The summed E-state index contributed by atoms with van der Waals surface area (Å²) in [4.78, 5) is 22.4. The second-order valence-electron chi connectivity index (χ2n) is 5.56. The van der Waals surface area contributed by atoms with E-state index in [1.165, 1.54) is 6.07 Å². The summed E-state index contributed by atoms with van der Waals surface area (Å²) in [7, 11) is 0. The molecule has 1 aromatic rings. The van der Waals surface area contributed by atoms with Crippen LogP contribution < -0.4 is 5.32 Å². The van der Waals surface area contributed by atoms with Crippen molar-refractivity contribution in [2.75, 3.05) is 0 Å². The summed E-state index contributed by atoms with van der Waals surface area (Å²) in [5.41, 5.74) is 0.401. The molecule has 0 spiro atoms. The van der Waals surface area contributed by atoms with Gasteiger partial charge in [-0.1, -0.05) is 31.5 Å². The van der Waals surface area contributed by atoms with Crippen molar-refractivity contribution in [2.24, 2.45) is 5.92 Å². The van der Waals surface area contributed by atoms with Crippen LogP contribution in [0.3, 0.4) is 0 Å². The summed E-state index contributed by atoms with van der Waals surface area (Å²) in [6.45, 7) is 3.78. The highest BCUT2D eigenvalue weighted by molar-refractivity contribution is 6.30. The molecule has 2 N–H and O–H groups in total. The van der Waals surface area contributed by atoms with Crippen LogP contribution >= 0.6 is 11.6 Å². The lowest BCUT2D eigenvalue weighted by molar-refractivity contribution is -0.137. The third-order valence-electron chi connectivity index (χ3n) is 3.33. The number of halogens is 2. The maximum Gasteiger partial charge on any atom is 0.303 e. The topological polar surface area (TPSA) is 66.4 Å². The van der Waals surface area contributed by atoms with Crippen LogP contribution in [-0.4, -0.2) is 17.0 Å². The summed E-state index contributed by atoms with van der Waals surface area (Å²) in [5, 5.41) is 11.7. The van der Waals surface area contributed by atoms with Crippen LogP contribution in [0.15, 0.2) is 18.2 Å². The summed E-state index contributed by atoms with van der Waals surface area (Å²) in [6.07, 6.45) is 1.22. The van der Waals surface area contributed by atoms with Gasteiger partial charge < -0.3 is 10.4 Å². The molecular weight excluding hydrogens is 309 g/mol. The third kappa shape index (κ3) is 6.02. The Labute approximate surface area is 134 Å². The average Bonchev–Trinajstić information content (AvgIpc) is 2.41. The minimum atomic E-state index is -0.872. The van der Waals surface area contributed by atoms with Gasteiger partial charge in [0.1, 0.15) is 5.82 Å². The Kier molecular flexibility index (Phi) is 7.32. The highest BCUT2D eigenvalue weighted by Gasteiger charge is 2.21. The van der Waals surface area contributed by atoms with Gasteiger partial charge in [-0.2, -0.15) is 0 Å². The van der Waals surface area contributed by atoms with Crippen LogP contribution in [0.25, 0.3) is 0 Å². The predicted octanol–water partition coefficient (Wildman–Crippen LogP) is 3.94. The van der Waals surface area contributed by atoms with Crippen LogP contribution in [-0.2, 0) is 9.59 Å². The lowest BCUT2D eigenvalue weighted by atomic mass is 9.95. The smallest absolute Gasteiger partial charge is 0.303 e. The monoisotopic (exact) mass is 329 g/mol. The van der Waals surface area contributed by atoms with E-state index in [0.717, 1.165) is 0 Å². The Hall–Kier alpha value is -1.62. The third-order valence-corrected chi connectivity index (χ3v) is 3.56. The number of carbonyl (C=O) groups excluding carboxylic acids is 1. The van der Waals surface area contributed by atoms with Gasteiger partial charge in [0.25, 0.3) is 0 Å². The first-order valence-electron chi connectivity index (χ1n) is 7.27. The Morgan fingerprint density at radius 2 is 1.91 bits per heavy atom. The number of benzene rings is 1. The van der Waals surface area contributed by atoms with E-state index in [4.69, 9.17) is 16.7 Å². The number of amides is 1. The standard InChI is InChI=1S/C16H21ClFNO3/c1-10(2)16(12-8-7-11(17)9-13(12)18)19-14(20)5-3-4-6-15(21)22/h7-10,16H,3-6H2,1-2H3,(H,19,20)(H,21,22). The van der Waals surface area contributed by atoms with Gasteiger partial charge in [0.05, 0.1) is 6.04 Å². The van der Waals surface area contributed by atoms with E-state index in [-0.39, 0.29) is 24.7 Å². The summed E-state index contributed by atoms with van der Waals surface area (Å²) >= 11 is 5.74. The van der Waals surface area contributed by atoms with Gasteiger partial charge in [-0.3, -0.25) is 9.59 Å². The summed E-state index contributed by atoms with van der Waals surface area (Å²) in [6, 6.07) is 3.96. The zero-order chi connectivity index (χ0) is 16.7. The van der Waals surface area contributed by atoms with Crippen molar-refractivity contribution in [3.8, 4) is 0 Å². The molecule has 22 heavy (non-hydrogen) atoms. The Morgan fingerprint density at radius 3 is 2.45 bits per heavy atom. The van der Waals surface area contributed by atoms with Gasteiger partial charge in [0.2, 0.25) is 5.91 Å². The molecule has 1 aromatic carbocycles. The minimum absolute atomic E-state index is 0.0126. The molecule has 0 aliphatic rings. The second kappa shape index (κ2) is 8.73. The first-order chi connectivity index (χ1) is 10.3. The normalized spacial score (nSPS) is 12.2. The van der Waals surface area contributed by atoms with Crippen LogP contribution in [0.5, 0.6) is 0 Å². The number of carboxylic acids is 1. The molecule has 0 aromatic heterocycles. The van der Waals surface area contributed by atoms with Crippen LogP contribution in [0.1, 0.15) is 51.1 Å². The highest BCUT2D eigenvalue weighted by Crippen LogP contribution is 2.26. The predicted molar refractivity (Wildman–Crippen MR) is 83.2 cm³/mol. The van der Waals surface area contributed by atoms with Gasteiger partial charge in [-0.05, 0) is 30.9 Å². The maximum atomic E-state index is 14.0. The number of unbranched alkanes of at least 4 members (excludes halogenated alkanes) is 1. The first-order valence-corrected chi connectivity index (χ1v) is 7.65. The Morgan fingerprint density at radius 1 is 1.27 bits per heavy atom. The molecule has 0 aliphatic heterocycles. The van der Waals surface area contributed by atoms with E-state index >= 15 is 0 Å². The summed E-state index contributed by atoms with van der Waals surface area (Å²) in [5.74, 6) is -1.52. The van der Waals surface area contributed by atoms with Crippen molar-refractivity contribution < 1.29 is 19.1 Å². The molecule has 0 bridgehead atoms. The number of hydrogen-bond donors (Lipinski definition) is 2. The van der Waals surface area contributed by atoms with E-state index in [1.54, 1.807) is 12.1 Å². The highest BCUT2D eigenvalue weighted by atomic mass is 35.5. The van der Waals surface area contributed by atoms with Crippen molar-refractivity contribution in [1.82, 2.24) is 5.32 Å². The molecule has 4 nitrogen and oxygen atoms in total. The Balaban J connectivity index is 2.64. The van der Waals surface area contributed by atoms with Crippen molar-refractivity contribution in [1.29, 1.82) is 0 Å². The van der Waals surface area contributed by atoms with Crippen LogP contribution in [0, 0.1) is 11.7 Å². The van der Waals surface area contributed by atoms with Gasteiger partial charge in [-0.15, -0.1) is 0 Å². The van der Waals surface area contributed by atoms with Gasteiger partial charge >= 0.3 is 5.97 Å². The van der Waals surface area contributed by atoms with Gasteiger partial charge in [-0.25, -0.2) is 4.39 Å². The second-order valence-corrected chi connectivity index (χ2v) is 5.99. The molecule has 6 heteroatoms. The molecule has 1 amide bonds. The van der Waals surface area contributed by atoms with Gasteiger partial charge in [0, 0.05) is 23.4 Å². The fourth-order valence-corrected chi connectivity index (χ4v) is 2.32. The maximum absolute atomic E-state index is 14.0. The number of carboxylic acid groups (broad SMARTS) is 1. The van der Waals surface area contributed by atoms with E-state index in [0.29, 0.717) is 23.4 Å². The van der Waals surface area contributed by atoms with Crippen LogP contribution in [0.2, 0.25) is 5.02 Å². The van der Waals surface area contributed by atoms with Crippen molar-refractivity contribution in [3.05, 3.63) is 34.6 Å². The number of aliphatic carboxylic acids is 1. The molecular formula is C16H21ClFNO3. The molecule has 1 rings (SSSR count). The first kappa shape index (κ1) is 18.4. The number of rotatable bonds is 8. The van der Waals surface area contributed by atoms with Crippen molar-refractivity contribution in [2.45, 2.75) is 45.6 Å². The molecule has 122 valence electrons. The number of carbonyl (C=O) groups is 2.